The van der Waals surface area contributed by atoms with Gasteiger partial charge in [0.25, 0.3) is 0 Å². The number of aromatic nitrogens is 3. The Labute approximate surface area is 161 Å². The van der Waals surface area contributed by atoms with Crippen molar-refractivity contribution in [1.29, 1.82) is 0 Å². The molecular formula is C19H22N4O3S. The quantitative estimate of drug-likeness (QED) is 0.678. The number of esters is 1. The van der Waals surface area contributed by atoms with Gasteiger partial charge in [-0.3, -0.25) is 4.79 Å². The van der Waals surface area contributed by atoms with Gasteiger partial charge in [0.05, 0.1) is 17.7 Å². The van der Waals surface area contributed by atoms with Gasteiger partial charge < -0.3 is 10.1 Å². The van der Waals surface area contributed by atoms with Crippen LogP contribution in [0.4, 0.5) is 5.00 Å². The van der Waals surface area contributed by atoms with Crippen molar-refractivity contribution in [3.05, 3.63) is 39.3 Å². The summed E-state index contributed by atoms with van der Waals surface area (Å²) in [5.41, 5.74) is 5.04. The Bertz CT molecular complexity index is 1040. The van der Waals surface area contributed by atoms with Crippen LogP contribution in [-0.2, 0) is 16.1 Å². The van der Waals surface area contributed by atoms with E-state index in [1.54, 1.807) is 11.6 Å². The van der Waals surface area contributed by atoms with Gasteiger partial charge >= 0.3 is 5.97 Å². The first-order valence-corrected chi connectivity index (χ1v) is 9.50. The van der Waals surface area contributed by atoms with E-state index in [0.717, 1.165) is 32.6 Å². The highest BCUT2D eigenvalue weighted by Crippen LogP contribution is 2.33. The van der Waals surface area contributed by atoms with Gasteiger partial charge in [-0.2, -0.15) is 0 Å². The van der Waals surface area contributed by atoms with Gasteiger partial charge in [-0.15, -0.1) is 16.4 Å². The molecule has 8 heteroatoms. The molecule has 0 aliphatic rings. The first-order chi connectivity index (χ1) is 12.8. The second-order valence-electron chi connectivity index (χ2n) is 6.43. The standard InChI is InChI=1S/C19H22N4O3S/c1-6-26-19(25)17-12(4)13(5)27-18(17)20-16(24)9-23-15-8-11(3)10(2)7-14(15)21-22-23/h7-8H,6,9H2,1-5H3,(H,20,24). The number of benzene rings is 1. The van der Waals surface area contributed by atoms with Gasteiger partial charge in [-0.05, 0) is 63.4 Å². The molecule has 0 atom stereocenters. The predicted molar refractivity (Wildman–Crippen MR) is 105 cm³/mol. The van der Waals surface area contributed by atoms with E-state index in [4.69, 9.17) is 4.74 Å². The lowest BCUT2D eigenvalue weighted by Crippen LogP contribution is -2.20. The Morgan fingerprint density at radius 3 is 2.59 bits per heavy atom. The number of fused-ring (bicyclic) bond motifs is 1. The number of hydrogen-bond acceptors (Lipinski definition) is 6. The van der Waals surface area contributed by atoms with E-state index in [0.29, 0.717) is 10.6 Å². The van der Waals surface area contributed by atoms with E-state index in [1.807, 2.05) is 39.8 Å². The summed E-state index contributed by atoms with van der Waals surface area (Å²) in [6, 6.07) is 3.93. The maximum atomic E-state index is 12.6. The molecule has 0 spiro atoms. The third kappa shape index (κ3) is 3.71. The molecule has 0 bridgehead atoms. The fourth-order valence-electron chi connectivity index (χ4n) is 2.81. The molecule has 2 heterocycles. The number of nitrogens with one attached hydrogen (secondary N) is 1. The van der Waals surface area contributed by atoms with Crippen LogP contribution in [0.1, 0.15) is 38.8 Å². The summed E-state index contributed by atoms with van der Waals surface area (Å²) in [5.74, 6) is -0.696. The highest BCUT2D eigenvalue weighted by Gasteiger charge is 2.22. The van der Waals surface area contributed by atoms with Gasteiger partial charge in [-0.1, -0.05) is 5.21 Å². The maximum absolute atomic E-state index is 12.6. The van der Waals surface area contributed by atoms with Crippen molar-refractivity contribution in [3.63, 3.8) is 0 Å². The number of rotatable bonds is 5. The molecule has 3 rings (SSSR count). The number of nitrogens with zero attached hydrogens (tertiary/aromatic N) is 3. The minimum Gasteiger partial charge on any atom is -0.462 e. The molecule has 1 amide bonds. The normalized spacial score (nSPS) is 11.0. The molecule has 3 aromatic rings. The number of carbonyl (C=O) groups is 2. The van der Waals surface area contributed by atoms with E-state index < -0.39 is 5.97 Å². The van der Waals surface area contributed by atoms with Crippen LogP contribution in [0.3, 0.4) is 0 Å². The van der Waals surface area contributed by atoms with Crippen molar-refractivity contribution >= 4 is 39.2 Å². The average Bonchev–Trinajstić information content (AvgIpc) is 3.09. The first kappa shape index (κ1) is 19.0. The SMILES string of the molecule is CCOC(=O)c1c(NC(=O)Cn2nnc3cc(C)c(C)cc32)sc(C)c1C. The van der Waals surface area contributed by atoms with E-state index in [1.165, 1.54) is 11.3 Å². The summed E-state index contributed by atoms with van der Waals surface area (Å²) < 4.78 is 6.69. The number of amides is 1. The third-order valence-corrected chi connectivity index (χ3v) is 5.66. The lowest BCUT2D eigenvalue weighted by atomic mass is 10.1. The minimum atomic E-state index is -0.424. The Morgan fingerprint density at radius 1 is 1.19 bits per heavy atom. The topological polar surface area (TPSA) is 86.1 Å². The van der Waals surface area contributed by atoms with Gasteiger partial charge in [0.15, 0.2) is 0 Å². The molecule has 0 fully saturated rings. The van der Waals surface area contributed by atoms with Crippen molar-refractivity contribution in [1.82, 2.24) is 15.0 Å². The van der Waals surface area contributed by atoms with Crippen LogP contribution >= 0.6 is 11.3 Å². The molecule has 0 aliphatic heterocycles. The Morgan fingerprint density at radius 2 is 1.89 bits per heavy atom. The Balaban J connectivity index is 1.84. The van der Waals surface area contributed by atoms with Crippen LogP contribution in [-0.4, -0.2) is 33.5 Å². The highest BCUT2D eigenvalue weighted by molar-refractivity contribution is 7.16. The third-order valence-electron chi connectivity index (χ3n) is 4.54. The van der Waals surface area contributed by atoms with Gasteiger partial charge in [0.1, 0.15) is 17.1 Å². The monoisotopic (exact) mass is 386 g/mol. The maximum Gasteiger partial charge on any atom is 0.341 e. The second-order valence-corrected chi connectivity index (χ2v) is 7.65. The molecule has 27 heavy (non-hydrogen) atoms. The highest BCUT2D eigenvalue weighted by atomic mass is 32.1. The van der Waals surface area contributed by atoms with E-state index in [-0.39, 0.29) is 19.1 Å². The van der Waals surface area contributed by atoms with Crippen LogP contribution < -0.4 is 5.32 Å². The zero-order valence-corrected chi connectivity index (χ0v) is 16.9. The van der Waals surface area contributed by atoms with Crippen molar-refractivity contribution in [2.24, 2.45) is 0 Å². The summed E-state index contributed by atoms with van der Waals surface area (Å²) in [5, 5.41) is 11.6. The van der Waals surface area contributed by atoms with E-state index in [9.17, 15) is 9.59 Å². The average molecular weight is 386 g/mol. The van der Waals surface area contributed by atoms with Gasteiger partial charge in [0.2, 0.25) is 5.91 Å². The predicted octanol–water partition coefficient (Wildman–Crippen LogP) is 3.54. The van der Waals surface area contributed by atoms with Crippen LogP contribution in [0, 0.1) is 27.7 Å². The molecule has 0 aliphatic carbocycles. The molecule has 142 valence electrons. The largest absolute Gasteiger partial charge is 0.462 e. The molecule has 1 N–H and O–H groups in total. The van der Waals surface area contributed by atoms with Gasteiger partial charge in [-0.25, -0.2) is 9.48 Å². The summed E-state index contributed by atoms with van der Waals surface area (Å²) >= 11 is 1.37. The zero-order valence-electron chi connectivity index (χ0n) is 16.0. The molecule has 1 aromatic carbocycles. The summed E-state index contributed by atoms with van der Waals surface area (Å²) in [6.45, 7) is 9.83. The van der Waals surface area contributed by atoms with Gasteiger partial charge in [0, 0.05) is 4.88 Å². The van der Waals surface area contributed by atoms with Crippen molar-refractivity contribution < 1.29 is 14.3 Å². The molecule has 2 aromatic heterocycles. The molecule has 0 radical (unpaired) electrons. The lowest BCUT2D eigenvalue weighted by Gasteiger charge is -2.08. The van der Waals surface area contributed by atoms with E-state index >= 15 is 0 Å². The first-order valence-electron chi connectivity index (χ1n) is 8.69. The van der Waals surface area contributed by atoms with Crippen LogP contribution in [0.2, 0.25) is 0 Å². The number of carbonyl (C=O) groups excluding carboxylic acids is 2. The molecule has 0 unspecified atom stereocenters. The molecular weight excluding hydrogens is 364 g/mol. The molecule has 0 saturated carbocycles. The number of anilines is 1. The smallest absolute Gasteiger partial charge is 0.341 e. The van der Waals surface area contributed by atoms with Crippen LogP contribution in [0.5, 0.6) is 0 Å². The fourth-order valence-corrected chi connectivity index (χ4v) is 3.87. The summed E-state index contributed by atoms with van der Waals surface area (Å²) in [7, 11) is 0. The van der Waals surface area contributed by atoms with Crippen molar-refractivity contribution in [2.75, 3.05) is 11.9 Å². The number of ether oxygens (including phenoxy) is 1. The molecule has 7 nitrogen and oxygen atoms in total. The van der Waals surface area contributed by atoms with Crippen molar-refractivity contribution in [3.8, 4) is 0 Å². The van der Waals surface area contributed by atoms with E-state index in [2.05, 4.69) is 15.6 Å². The fraction of sp³-hybridized carbons (Fsp3) is 0.368. The lowest BCUT2D eigenvalue weighted by molar-refractivity contribution is -0.116. The summed E-state index contributed by atoms with van der Waals surface area (Å²) in [4.78, 5) is 25.8. The van der Waals surface area contributed by atoms with Crippen LogP contribution in [0.25, 0.3) is 11.0 Å². The Hall–Kier alpha value is -2.74. The summed E-state index contributed by atoms with van der Waals surface area (Å²) in [6.07, 6.45) is 0. The minimum absolute atomic E-state index is 0.0112. The number of hydrogen-bond donors (Lipinski definition) is 1. The number of aryl methyl sites for hydroxylation is 3. The number of thiophene rings is 1. The molecule has 0 saturated heterocycles. The van der Waals surface area contributed by atoms with Crippen molar-refractivity contribution in [2.45, 2.75) is 41.2 Å². The van der Waals surface area contributed by atoms with Crippen LogP contribution in [0.15, 0.2) is 12.1 Å². The zero-order chi connectivity index (χ0) is 19.7. The second kappa shape index (κ2) is 7.48. The Kier molecular flexibility index (Phi) is 5.27.